The van der Waals surface area contributed by atoms with Gasteiger partial charge in [0.1, 0.15) is 22.3 Å². The van der Waals surface area contributed by atoms with Crippen molar-refractivity contribution in [1.29, 1.82) is 0 Å². The van der Waals surface area contributed by atoms with E-state index in [0.29, 0.717) is 0 Å². The molecule has 2 aromatic heterocycles. The van der Waals surface area contributed by atoms with Crippen molar-refractivity contribution >= 4 is 109 Å². The maximum atomic E-state index is 6.64. The molecule has 11 aromatic carbocycles. The second-order valence-corrected chi connectivity index (χ2v) is 15.1. The highest BCUT2D eigenvalue weighted by Crippen LogP contribution is 2.47. The van der Waals surface area contributed by atoms with E-state index in [1.807, 2.05) is 0 Å². The Morgan fingerprint density at radius 2 is 0.571 bits per heavy atom. The van der Waals surface area contributed by atoms with Gasteiger partial charge in [0.15, 0.2) is 0 Å². The summed E-state index contributed by atoms with van der Waals surface area (Å²) in [7, 11) is 0. The molecule has 56 heavy (non-hydrogen) atoms. The highest BCUT2D eigenvalue weighted by atomic mass is 16.3. The van der Waals surface area contributed by atoms with Crippen molar-refractivity contribution < 1.29 is 8.83 Å². The SMILES string of the molecule is c1ccc2cc3c(cc2c1)oc1ccc(-c2c4ccccc4c(-c4ccc5oc6cc7c8ccccc8c8ccccc8c7cc6c5c4)c4ccccc24)cc13. The van der Waals surface area contributed by atoms with Crippen LogP contribution in [0.4, 0.5) is 0 Å². The summed E-state index contributed by atoms with van der Waals surface area (Å²) < 4.78 is 13.1. The standard InChI is InChI=1S/C54H30O2/c1-2-12-32-28-51-47(25-31(32)11-1)45-26-33(21-23-49(45)55-51)53-39-17-7-9-19-41(39)54(42-20-10-8-18-40(42)53)34-22-24-50-46(27-34)48-29-43-37-15-5-3-13-35(37)36-14-4-6-16-38(36)44(43)30-52(48)56-50/h1-30H. The van der Waals surface area contributed by atoms with Crippen LogP contribution in [0.5, 0.6) is 0 Å². The summed E-state index contributed by atoms with van der Waals surface area (Å²) >= 11 is 0. The topological polar surface area (TPSA) is 26.3 Å². The molecule has 0 N–H and O–H groups in total. The second kappa shape index (κ2) is 11.1. The summed E-state index contributed by atoms with van der Waals surface area (Å²) in [6, 6.07) is 66.2. The zero-order chi connectivity index (χ0) is 36.5. The number of benzene rings is 11. The molecule has 0 saturated carbocycles. The van der Waals surface area contributed by atoms with Crippen LogP contribution in [0.2, 0.25) is 0 Å². The van der Waals surface area contributed by atoms with Gasteiger partial charge in [0.2, 0.25) is 0 Å². The Morgan fingerprint density at radius 3 is 1.07 bits per heavy atom. The molecule has 0 bridgehead atoms. The molecular formula is C54H30O2. The van der Waals surface area contributed by atoms with Crippen molar-refractivity contribution in [3.8, 4) is 22.3 Å². The Balaban J connectivity index is 1.06. The fraction of sp³-hybridized carbons (Fsp3) is 0. The molecule has 2 nitrogen and oxygen atoms in total. The Morgan fingerprint density at radius 1 is 0.214 bits per heavy atom. The van der Waals surface area contributed by atoms with Gasteiger partial charge in [-0.2, -0.15) is 0 Å². The van der Waals surface area contributed by atoms with Crippen LogP contribution >= 0.6 is 0 Å². The number of rotatable bonds is 2. The van der Waals surface area contributed by atoms with Crippen LogP contribution in [-0.2, 0) is 0 Å². The first-order valence-corrected chi connectivity index (χ1v) is 19.2. The zero-order valence-electron chi connectivity index (χ0n) is 30.1. The third kappa shape index (κ3) is 4.10. The number of fused-ring (bicyclic) bond motifs is 15. The van der Waals surface area contributed by atoms with Crippen molar-refractivity contribution in [1.82, 2.24) is 0 Å². The van der Waals surface area contributed by atoms with E-state index in [0.717, 1.165) is 43.9 Å². The molecule has 0 fully saturated rings. The molecule has 13 rings (SSSR count). The molecule has 0 spiro atoms. The van der Waals surface area contributed by atoms with Gasteiger partial charge in [-0.25, -0.2) is 0 Å². The normalized spacial score (nSPS) is 12.3. The first-order valence-electron chi connectivity index (χ1n) is 19.2. The number of hydrogen-bond acceptors (Lipinski definition) is 2. The Labute approximate surface area is 320 Å². The molecule has 258 valence electrons. The van der Waals surface area contributed by atoms with Gasteiger partial charge < -0.3 is 8.83 Å². The first-order chi connectivity index (χ1) is 27.7. The average Bonchev–Trinajstić information content (AvgIpc) is 3.80. The lowest BCUT2D eigenvalue weighted by Crippen LogP contribution is -1.90. The third-order valence-corrected chi connectivity index (χ3v) is 12.2. The molecular weight excluding hydrogens is 681 g/mol. The predicted molar refractivity (Wildman–Crippen MR) is 237 cm³/mol. The van der Waals surface area contributed by atoms with Crippen LogP contribution < -0.4 is 0 Å². The van der Waals surface area contributed by atoms with E-state index in [-0.39, 0.29) is 0 Å². The fourth-order valence-electron chi connectivity index (χ4n) is 9.70. The quantitative estimate of drug-likeness (QED) is 0.132. The molecule has 0 amide bonds. The maximum Gasteiger partial charge on any atom is 0.136 e. The van der Waals surface area contributed by atoms with Crippen molar-refractivity contribution in [3.63, 3.8) is 0 Å². The summed E-state index contributed by atoms with van der Waals surface area (Å²) in [6.45, 7) is 0. The summed E-state index contributed by atoms with van der Waals surface area (Å²) in [5, 5.41) is 19.3. The van der Waals surface area contributed by atoms with Gasteiger partial charge in [0.05, 0.1) is 0 Å². The molecule has 0 aliphatic carbocycles. The molecule has 2 heteroatoms. The van der Waals surface area contributed by atoms with Crippen LogP contribution in [0.1, 0.15) is 0 Å². The van der Waals surface area contributed by atoms with Crippen LogP contribution in [-0.4, -0.2) is 0 Å². The largest absolute Gasteiger partial charge is 0.456 e. The maximum absolute atomic E-state index is 6.64. The number of hydrogen-bond donors (Lipinski definition) is 0. The highest BCUT2D eigenvalue weighted by Gasteiger charge is 2.20. The van der Waals surface area contributed by atoms with Gasteiger partial charge in [-0.1, -0.05) is 133 Å². The molecule has 0 atom stereocenters. The third-order valence-electron chi connectivity index (χ3n) is 12.2. The molecule has 0 aliphatic rings. The summed E-state index contributed by atoms with van der Waals surface area (Å²) in [4.78, 5) is 0. The number of furan rings is 2. The minimum Gasteiger partial charge on any atom is -0.456 e. The Kier molecular flexibility index (Phi) is 5.92. The van der Waals surface area contributed by atoms with Crippen LogP contribution in [0.15, 0.2) is 191 Å². The fourth-order valence-corrected chi connectivity index (χ4v) is 9.70. The lowest BCUT2D eigenvalue weighted by atomic mass is 9.85. The molecule has 0 unspecified atom stereocenters. The Hall–Kier alpha value is -7.42. The molecule has 2 heterocycles. The smallest absolute Gasteiger partial charge is 0.136 e. The van der Waals surface area contributed by atoms with Gasteiger partial charge in [-0.05, 0) is 135 Å². The van der Waals surface area contributed by atoms with Crippen molar-refractivity contribution in [3.05, 3.63) is 182 Å². The van der Waals surface area contributed by atoms with E-state index in [9.17, 15) is 0 Å². The molecule has 0 radical (unpaired) electrons. The highest BCUT2D eigenvalue weighted by molar-refractivity contribution is 6.29. The summed E-state index contributed by atoms with van der Waals surface area (Å²) in [6.07, 6.45) is 0. The lowest BCUT2D eigenvalue weighted by molar-refractivity contribution is 0.669. The average molecular weight is 711 g/mol. The van der Waals surface area contributed by atoms with Crippen molar-refractivity contribution in [2.24, 2.45) is 0 Å². The van der Waals surface area contributed by atoms with E-state index >= 15 is 0 Å². The first kappa shape index (κ1) is 30.0. The van der Waals surface area contributed by atoms with Gasteiger partial charge in [0, 0.05) is 21.5 Å². The van der Waals surface area contributed by atoms with Gasteiger partial charge in [-0.3, -0.25) is 0 Å². The zero-order valence-corrected chi connectivity index (χ0v) is 30.1. The van der Waals surface area contributed by atoms with Crippen molar-refractivity contribution in [2.75, 3.05) is 0 Å². The van der Waals surface area contributed by atoms with Gasteiger partial charge in [-0.15, -0.1) is 0 Å². The van der Waals surface area contributed by atoms with E-state index in [1.54, 1.807) is 0 Å². The molecule has 0 aliphatic heterocycles. The minimum absolute atomic E-state index is 0.895. The lowest BCUT2D eigenvalue weighted by Gasteiger charge is -2.18. The summed E-state index contributed by atoms with van der Waals surface area (Å²) in [5.41, 5.74) is 8.43. The van der Waals surface area contributed by atoms with E-state index < -0.39 is 0 Å². The molecule has 13 aromatic rings. The van der Waals surface area contributed by atoms with E-state index in [4.69, 9.17) is 8.83 Å². The summed E-state index contributed by atoms with van der Waals surface area (Å²) in [5.74, 6) is 0. The Bertz CT molecular complexity index is 3770. The van der Waals surface area contributed by atoms with Gasteiger partial charge in [0.25, 0.3) is 0 Å². The predicted octanol–water partition coefficient (Wildman–Crippen LogP) is 15.7. The van der Waals surface area contributed by atoms with E-state index in [2.05, 4.69) is 182 Å². The second-order valence-electron chi connectivity index (χ2n) is 15.1. The van der Waals surface area contributed by atoms with E-state index in [1.165, 1.54) is 86.9 Å². The van der Waals surface area contributed by atoms with Crippen LogP contribution in [0.3, 0.4) is 0 Å². The van der Waals surface area contributed by atoms with Crippen LogP contribution in [0, 0.1) is 0 Å². The van der Waals surface area contributed by atoms with Crippen LogP contribution in [0.25, 0.3) is 131 Å². The van der Waals surface area contributed by atoms with Crippen molar-refractivity contribution in [2.45, 2.75) is 0 Å². The van der Waals surface area contributed by atoms with Gasteiger partial charge >= 0.3 is 0 Å². The monoisotopic (exact) mass is 710 g/mol. The minimum atomic E-state index is 0.895. The molecule has 0 saturated heterocycles.